The molecule has 0 aliphatic carbocycles. The van der Waals surface area contributed by atoms with Crippen LogP contribution < -0.4 is 5.32 Å². The van der Waals surface area contributed by atoms with Crippen LogP contribution in [-0.2, 0) is 4.74 Å². The van der Waals surface area contributed by atoms with Crippen molar-refractivity contribution >= 4 is 23.3 Å². The number of nitrogens with one attached hydrogen (secondary N) is 1. The second-order valence-corrected chi connectivity index (χ2v) is 4.49. The number of Topliss-reactive ketones (excluding diaryl/α,β-unsaturated/α-hetero) is 1. The van der Waals surface area contributed by atoms with E-state index in [9.17, 15) is 14.4 Å². The van der Waals surface area contributed by atoms with Gasteiger partial charge in [0.2, 0.25) is 0 Å². The smallest absolute Gasteiger partial charge is 0.356 e. The first-order chi connectivity index (χ1) is 10.5. The Labute approximate surface area is 127 Å². The van der Waals surface area contributed by atoms with E-state index in [1.807, 2.05) is 0 Å². The lowest BCUT2D eigenvalue weighted by atomic mass is 10.1. The third-order valence-corrected chi connectivity index (χ3v) is 2.90. The maximum atomic E-state index is 12.1. The van der Waals surface area contributed by atoms with Crippen LogP contribution >= 0.6 is 0 Å². The molecule has 6 nitrogen and oxygen atoms in total. The summed E-state index contributed by atoms with van der Waals surface area (Å²) in [6.45, 7) is 1.45. The lowest BCUT2D eigenvalue weighted by Gasteiger charge is -2.06. The number of nitrogens with zero attached hydrogens (tertiary/aromatic N) is 1. The molecule has 0 radical (unpaired) electrons. The quantitative estimate of drug-likeness (QED) is 0.691. The Kier molecular flexibility index (Phi) is 4.63. The van der Waals surface area contributed by atoms with E-state index in [4.69, 9.17) is 0 Å². The monoisotopic (exact) mass is 298 g/mol. The molecule has 2 aromatic rings. The summed E-state index contributed by atoms with van der Waals surface area (Å²) in [4.78, 5) is 38.8. The SMILES string of the molecule is COC(=O)c1cccc(C(=O)Nc2cccc(C(C)=O)c2)n1. The highest BCUT2D eigenvalue weighted by Gasteiger charge is 2.13. The molecule has 0 aliphatic heterocycles. The van der Waals surface area contributed by atoms with Gasteiger partial charge in [0.15, 0.2) is 5.78 Å². The van der Waals surface area contributed by atoms with Crippen LogP contribution in [0.25, 0.3) is 0 Å². The summed E-state index contributed by atoms with van der Waals surface area (Å²) < 4.78 is 4.56. The van der Waals surface area contributed by atoms with Gasteiger partial charge in [-0.1, -0.05) is 18.2 Å². The molecule has 112 valence electrons. The normalized spacial score (nSPS) is 9.91. The van der Waals surface area contributed by atoms with Gasteiger partial charge in [-0.3, -0.25) is 9.59 Å². The molecule has 2 rings (SSSR count). The van der Waals surface area contributed by atoms with Gasteiger partial charge in [0.1, 0.15) is 11.4 Å². The third-order valence-electron chi connectivity index (χ3n) is 2.90. The average Bonchev–Trinajstić information content (AvgIpc) is 2.54. The largest absolute Gasteiger partial charge is 0.464 e. The van der Waals surface area contributed by atoms with Crippen LogP contribution in [0.2, 0.25) is 0 Å². The molecule has 1 aromatic carbocycles. The van der Waals surface area contributed by atoms with E-state index in [1.165, 1.54) is 26.2 Å². The second-order valence-electron chi connectivity index (χ2n) is 4.49. The predicted molar refractivity (Wildman–Crippen MR) is 80.0 cm³/mol. The molecule has 22 heavy (non-hydrogen) atoms. The first kappa shape index (κ1) is 15.4. The fourth-order valence-electron chi connectivity index (χ4n) is 1.79. The third kappa shape index (κ3) is 3.54. The van der Waals surface area contributed by atoms with Crippen molar-refractivity contribution in [2.75, 3.05) is 12.4 Å². The number of aromatic nitrogens is 1. The van der Waals surface area contributed by atoms with Gasteiger partial charge >= 0.3 is 5.97 Å². The molecule has 6 heteroatoms. The van der Waals surface area contributed by atoms with Gasteiger partial charge in [0.25, 0.3) is 5.91 Å². The number of carbonyl (C=O) groups excluding carboxylic acids is 3. The summed E-state index contributed by atoms with van der Waals surface area (Å²) in [5.74, 6) is -1.19. The summed E-state index contributed by atoms with van der Waals surface area (Å²) in [7, 11) is 1.24. The summed E-state index contributed by atoms with van der Waals surface area (Å²) in [6, 6.07) is 11.0. The number of ether oxygens (including phenoxy) is 1. The number of hydrogen-bond donors (Lipinski definition) is 1. The van der Waals surface area contributed by atoms with Crippen molar-refractivity contribution in [2.45, 2.75) is 6.92 Å². The fourth-order valence-corrected chi connectivity index (χ4v) is 1.79. The topological polar surface area (TPSA) is 85.4 Å². The van der Waals surface area contributed by atoms with Gasteiger partial charge < -0.3 is 10.1 Å². The van der Waals surface area contributed by atoms with Crippen LogP contribution in [0.5, 0.6) is 0 Å². The van der Waals surface area contributed by atoms with Gasteiger partial charge in [0.05, 0.1) is 7.11 Å². The lowest BCUT2D eigenvalue weighted by Crippen LogP contribution is -2.16. The minimum atomic E-state index is -0.617. The number of anilines is 1. The van der Waals surface area contributed by atoms with E-state index in [1.54, 1.807) is 30.3 Å². The molecule has 0 fully saturated rings. The van der Waals surface area contributed by atoms with Crippen LogP contribution in [0.15, 0.2) is 42.5 Å². The van der Waals surface area contributed by atoms with Crippen molar-refractivity contribution in [1.29, 1.82) is 0 Å². The van der Waals surface area contributed by atoms with E-state index >= 15 is 0 Å². The Balaban J connectivity index is 2.20. The van der Waals surface area contributed by atoms with Crippen molar-refractivity contribution < 1.29 is 19.1 Å². The number of pyridine rings is 1. The van der Waals surface area contributed by atoms with E-state index in [0.29, 0.717) is 11.3 Å². The molecule has 0 saturated heterocycles. The number of rotatable bonds is 4. The summed E-state index contributed by atoms with van der Waals surface area (Å²) in [5, 5.41) is 2.63. The second kappa shape index (κ2) is 6.62. The number of ketones is 1. The summed E-state index contributed by atoms with van der Waals surface area (Å²) >= 11 is 0. The molecule has 1 aromatic heterocycles. The number of methoxy groups -OCH3 is 1. The average molecular weight is 298 g/mol. The van der Waals surface area contributed by atoms with Gasteiger partial charge in [-0.15, -0.1) is 0 Å². The van der Waals surface area contributed by atoms with Crippen molar-refractivity contribution in [3.05, 3.63) is 59.4 Å². The van der Waals surface area contributed by atoms with Gasteiger partial charge in [-0.2, -0.15) is 0 Å². The summed E-state index contributed by atoms with van der Waals surface area (Å²) in [6.07, 6.45) is 0. The lowest BCUT2D eigenvalue weighted by molar-refractivity contribution is 0.0594. The molecule has 0 aliphatic rings. The summed E-state index contributed by atoms with van der Waals surface area (Å²) in [5.41, 5.74) is 1.10. The molecule has 0 atom stereocenters. The zero-order valence-corrected chi connectivity index (χ0v) is 12.1. The van der Waals surface area contributed by atoms with Crippen LogP contribution in [-0.4, -0.2) is 29.8 Å². The highest BCUT2D eigenvalue weighted by Crippen LogP contribution is 2.12. The highest BCUT2D eigenvalue weighted by molar-refractivity contribution is 6.04. The highest BCUT2D eigenvalue weighted by atomic mass is 16.5. The fraction of sp³-hybridized carbons (Fsp3) is 0.125. The number of carbonyl (C=O) groups is 3. The van der Waals surface area contributed by atoms with Crippen LogP contribution in [0.1, 0.15) is 38.3 Å². The Morgan fingerprint density at radius 1 is 1.05 bits per heavy atom. The van der Waals surface area contributed by atoms with E-state index < -0.39 is 11.9 Å². The maximum absolute atomic E-state index is 12.1. The molecule has 0 spiro atoms. The van der Waals surface area contributed by atoms with Crippen molar-refractivity contribution in [3.8, 4) is 0 Å². The van der Waals surface area contributed by atoms with Crippen molar-refractivity contribution in [1.82, 2.24) is 4.98 Å². The molecular formula is C16H14N2O4. The molecule has 1 heterocycles. The van der Waals surface area contributed by atoms with E-state index in [-0.39, 0.29) is 17.2 Å². The maximum Gasteiger partial charge on any atom is 0.356 e. The number of esters is 1. The first-order valence-electron chi connectivity index (χ1n) is 6.49. The Bertz CT molecular complexity index is 740. The Morgan fingerprint density at radius 2 is 1.73 bits per heavy atom. The standard InChI is InChI=1S/C16H14N2O4/c1-10(19)11-5-3-6-12(9-11)17-15(20)13-7-4-8-14(18-13)16(21)22-2/h3-9H,1-2H3,(H,17,20). The number of amides is 1. The minimum absolute atomic E-state index is 0.0487. The zero-order chi connectivity index (χ0) is 16.1. The molecule has 1 amide bonds. The van der Waals surface area contributed by atoms with Crippen LogP contribution in [0, 0.1) is 0 Å². The Morgan fingerprint density at radius 3 is 2.41 bits per heavy atom. The molecule has 0 unspecified atom stereocenters. The molecular weight excluding hydrogens is 284 g/mol. The van der Waals surface area contributed by atoms with Crippen molar-refractivity contribution in [3.63, 3.8) is 0 Å². The molecule has 0 saturated carbocycles. The van der Waals surface area contributed by atoms with Gasteiger partial charge in [-0.05, 0) is 31.2 Å². The van der Waals surface area contributed by atoms with Crippen LogP contribution in [0.4, 0.5) is 5.69 Å². The van der Waals surface area contributed by atoms with E-state index in [2.05, 4.69) is 15.0 Å². The predicted octanol–water partition coefficient (Wildman–Crippen LogP) is 2.32. The molecule has 1 N–H and O–H groups in total. The van der Waals surface area contributed by atoms with Crippen molar-refractivity contribution in [2.24, 2.45) is 0 Å². The first-order valence-corrected chi connectivity index (χ1v) is 6.49. The zero-order valence-electron chi connectivity index (χ0n) is 12.1. The Hall–Kier alpha value is -3.02. The van der Waals surface area contributed by atoms with Gasteiger partial charge in [-0.25, -0.2) is 9.78 Å². The van der Waals surface area contributed by atoms with Gasteiger partial charge in [0, 0.05) is 11.3 Å². The van der Waals surface area contributed by atoms with Crippen LogP contribution in [0.3, 0.4) is 0 Å². The minimum Gasteiger partial charge on any atom is -0.464 e. The number of hydrogen-bond acceptors (Lipinski definition) is 5. The molecule has 0 bridgehead atoms. The number of benzene rings is 1. The van der Waals surface area contributed by atoms with E-state index in [0.717, 1.165) is 0 Å².